The number of carbonyl (C=O) groups excluding carboxylic acids is 2. The van der Waals surface area contributed by atoms with Gasteiger partial charge in [0, 0.05) is 11.9 Å². The number of esters is 1. The SMILES string of the molecule is CC[C@H](C)c1ccccc1NC(=O)COC(=O)c1sc(-c2ccccn2)nc1C. The molecule has 0 aliphatic heterocycles. The molecule has 1 atom stereocenters. The van der Waals surface area contributed by atoms with E-state index < -0.39 is 5.97 Å². The average molecular weight is 410 g/mol. The molecule has 0 saturated carbocycles. The number of hydrogen-bond donors (Lipinski definition) is 1. The molecule has 150 valence electrons. The lowest BCUT2D eigenvalue weighted by Crippen LogP contribution is -2.21. The van der Waals surface area contributed by atoms with Crippen LogP contribution in [0.25, 0.3) is 10.7 Å². The van der Waals surface area contributed by atoms with Gasteiger partial charge in [-0.15, -0.1) is 11.3 Å². The Kier molecular flexibility index (Phi) is 6.72. The minimum Gasteiger partial charge on any atom is -0.451 e. The summed E-state index contributed by atoms with van der Waals surface area (Å²) >= 11 is 1.21. The van der Waals surface area contributed by atoms with E-state index >= 15 is 0 Å². The second-order valence-electron chi connectivity index (χ2n) is 6.67. The van der Waals surface area contributed by atoms with Crippen LogP contribution in [0.1, 0.15) is 47.1 Å². The third-order valence-corrected chi connectivity index (χ3v) is 5.74. The monoisotopic (exact) mass is 409 g/mol. The van der Waals surface area contributed by atoms with Crippen molar-refractivity contribution in [3.63, 3.8) is 0 Å². The first-order valence-corrected chi connectivity index (χ1v) is 10.3. The molecule has 0 aliphatic carbocycles. The number of hydrogen-bond acceptors (Lipinski definition) is 6. The molecule has 7 heteroatoms. The maximum atomic E-state index is 12.4. The van der Waals surface area contributed by atoms with E-state index in [0.29, 0.717) is 27.2 Å². The number of nitrogens with one attached hydrogen (secondary N) is 1. The first-order chi connectivity index (χ1) is 14.0. The van der Waals surface area contributed by atoms with Gasteiger partial charge < -0.3 is 10.1 Å². The van der Waals surface area contributed by atoms with Crippen LogP contribution in [0.4, 0.5) is 5.69 Å². The van der Waals surface area contributed by atoms with E-state index in [1.807, 2.05) is 42.5 Å². The molecule has 2 aromatic heterocycles. The van der Waals surface area contributed by atoms with Crippen LogP contribution in [0.15, 0.2) is 48.7 Å². The molecule has 3 aromatic rings. The molecule has 0 saturated heterocycles. The van der Waals surface area contributed by atoms with E-state index in [1.165, 1.54) is 11.3 Å². The number of pyridine rings is 1. The van der Waals surface area contributed by atoms with Crippen molar-refractivity contribution in [1.82, 2.24) is 9.97 Å². The van der Waals surface area contributed by atoms with Gasteiger partial charge in [-0.05, 0) is 43.0 Å². The molecule has 1 amide bonds. The van der Waals surface area contributed by atoms with Crippen molar-refractivity contribution < 1.29 is 14.3 Å². The Morgan fingerprint density at radius 1 is 1.17 bits per heavy atom. The smallest absolute Gasteiger partial charge is 0.350 e. The van der Waals surface area contributed by atoms with Crippen molar-refractivity contribution in [2.24, 2.45) is 0 Å². The molecular weight excluding hydrogens is 386 g/mol. The number of rotatable bonds is 7. The highest BCUT2D eigenvalue weighted by molar-refractivity contribution is 7.17. The summed E-state index contributed by atoms with van der Waals surface area (Å²) in [5.74, 6) is -0.618. The Bertz CT molecular complexity index is 1000. The van der Waals surface area contributed by atoms with Crippen LogP contribution in [-0.4, -0.2) is 28.5 Å². The summed E-state index contributed by atoms with van der Waals surface area (Å²) in [5, 5.41) is 3.48. The van der Waals surface area contributed by atoms with Crippen molar-refractivity contribution >= 4 is 28.9 Å². The van der Waals surface area contributed by atoms with Crippen molar-refractivity contribution in [1.29, 1.82) is 0 Å². The van der Waals surface area contributed by atoms with Gasteiger partial charge in [-0.25, -0.2) is 9.78 Å². The van der Waals surface area contributed by atoms with E-state index in [4.69, 9.17) is 4.74 Å². The van der Waals surface area contributed by atoms with Crippen LogP contribution in [-0.2, 0) is 9.53 Å². The second-order valence-corrected chi connectivity index (χ2v) is 7.67. The molecule has 2 heterocycles. The number of carbonyl (C=O) groups is 2. The Hall–Kier alpha value is -3.06. The summed E-state index contributed by atoms with van der Waals surface area (Å²) in [6.45, 7) is 5.59. The zero-order valence-corrected chi connectivity index (χ0v) is 17.5. The summed E-state index contributed by atoms with van der Waals surface area (Å²) in [5.41, 5.74) is 3.06. The van der Waals surface area contributed by atoms with Gasteiger partial charge in [0.25, 0.3) is 5.91 Å². The summed E-state index contributed by atoms with van der Waals surface area (Å²) in [4.78, 5) is 33.8. The maximum absolute atomic E-state index is 12.4. The van der Waals surface area contributed by atoms with E-state index in [1.54, 1.807) is 13.1 Å². The largest absolute Gasteiger partial charge is 0.451 e. The number of para-hydroxylation sites is 1. The van der Waals surface area contributed by atoms with Crippen molar-refractivity contribution in [3.8, 4) is 10.7 Å². The molecule has 0 aliphatic rings. The molecule has 29 heavy (non-hydrogen) atoms. The number of benzene rings is 1. The average Bonchev–Trinajstić information content (AvgIpc) is 3.14. The van der Waals surface area contributed by atoms with Crippen LogP contribution >= 0.6 is 11.3 Å². The third kappa shape index (κ3) is 5.06. The number of anilines is 1. The molecule has 1 N–H and O–H groups in total. The molecule has 6 nitrogen and oxygen atoms in total. The highest BCUT2D eigenvalue weighted by Gasteiger charge is 2.19. The first-order valence-electron chi connectivity index (χ1n) is 9.44. The predicted octanol–water partition coefficient (Wildman–Crippen LogP) is 4.82. The van der Waals surface area contributed by atoms with Gasteiger partial charge in [0.2, 0.25) is 0 Å². The minimum absolute atomic E-state index is 0.318. The van der Waals surface area contributed by atoms with Crippen LogP contribution in [0.5, 0.6) is 0 Å². The number of amides is 1. The Balaban J connectivity index is 1.63. The second kappa shape index (κ2) is 9.43. The lowest BCUT2D eigenvalue weighted by Gasteiger charge is -2.15. The summed E-state index contributed by atoms with van der Waals surface area (Å²) < 4.78 is 5.22. The van der Waals surface area contributed by atoms with E-state index in [0.717, 1.165) is 17.7 Å². The number of ether oxygens (including phenoxy) is 1. The molecule has 0 spiro atoms. The number of aromatic nitrogens is 2. The highest BCUT2D eigenvalue weighted by Crippen LogP contribution is 2.28. The molecule has 3 rings (SSSR count). The van der Waals surface area contributed by atoms with Crippen molar-refractivity contribution in [3.05, 3.63) is 64.8 Å². The Morgan fingerprint density at radius 2 is 1.93 bits per heavy atom. The van der Waals surface area contributed by atoms with Crippen LogP contribution in [0.2, 0.25) is 0 Å². The van der Waals surface area contributed by atoms with Crippen molar-refractivity contribution in [2.75, 3.05) is 11.9 Å². The summed E-state index contributed by atoms with van der Waals surface area (Å²) in [6, 6.07) is 13.2. The normalized spacial score (nSPS) is 11.7. The lowest BCUT2D eigenvalue weighted by molar-refractivity contribution is -0.119. The quantitative estimate of drug-likeness (QED) is 0.566. The van der Waals surface area contributed by atoms with E-state index in [2.05, 4.69) is 29.1 Å². The van der Waals surface area contributed by atoms with E-state index in [9.17, 15) is 9.59 Å². The standard InChI is InChI=1S/C22H23N3O3S/c1-4-14(2)16-9-5-6-10-17(16)25-19(26)13-28-22(27)20-15(3)24-21(29-20)18-11-7-8-12-23-18/h5-12,14H,4,13H2,1-3H3,(H,25,26)/t14-/m0/s1. The summed E-state index contributed by atoms with van der Waals surface area (Å²) in [6.07, 6.45) is 2.64. The van der Waals surface area contributed by atoms with E-state index in [-0.39, 0.29) is 12.5 Å². The van der Waals surface area contributed by atoms with Crippen LogP contribution < -0.4 is 5.32 Å². The molecule has 0 fully saturated rings. The molecule has 0 unspecified atom stereocenters. The van der Waals surface area contributed by atoms with Crippen molar-refractivity contribution in [2.45, 2.75) is 33.1 Å². The Morgan fingerprint density at radius 3 is 2.66 bits per heavy atom. The van der Waals surface area contributed by atoms with Crippen LogP contribution in [0, 0.1) is 6.92 Å². The number of nitrogens with zero attached hydrogens (tertiary/aromatic N) is 2. The Labute approximate surface area is 174 Å². The fourth-order valence-corrected chi connectivity index (χ4v) is 3.76. The minimum atomic E-state index is -0.562. The number of aryl methyl sites for hydroxylation is 1. The molecular formula is C22H23N3O3S. The summed E-state index contributed by atoms with van der Waals surface area (Å²) in [7, 11) is 0. The number of thiazole rings is 1. The zero-order valence-electron chi connectivity index (χ0n) is 16.6. The van der Waals surface area contributed by atoms with Gasteiger partial charge in [-0.2, -0.15) is 0 Å². The highest BCUT2D eigenvalue weighted by atomic mass is 32.1. The zero-order chi connectivity index (χ0) is 20.8. The maximum Gasteiger partial charge on any atom is 0.350 e. The van der Waals surface area contributed by atoms with Gasteiger partial charge in [0.15, 0.2) is 6.61 Å². The van der Waals surface area contributed by atoms with Gasteiger partial charge in [0.1, 0.15) is 9.88 Å². The first kappa shape index (κ1) is 20.7. The van der Waals surface area contributed by atoms with Crippen LogP contribution in [0.3, 0.4) is 0 Å². The lowest BCUT2D eigenvalue weighted by atomic mass is 9.97. The third-order valence-electron chi connectivity index (χ3n) is 4.58. The fraction of sp³-hybridized carbons (Fsp3) is 0.273. The topological polar surface area (TPSA) is 81.2 Å². The van der Waals surface area contributed by atoms with Gasteiger partial charge in [0.05, 0.1) is 11.4 Å². The fourth-order valence-electron chi connectivity index (χ4n) is 2.83. The van der Waals surface area contributed by atoms with Gasteiger partial charge in [-0.1, -0.05) is 38.1 Å². The molecule has 1 aromatic carbocycles. The molecule has 0 radical (unpaired) electrons. The van der Waals surface area contributed by atoms with Gasteiger partial charge >= 0.3 is 5.97 Å². The van der Waals surface area contributed by atoms with Gasteiger partial charge in [-0.3, -0.25) is 9.78 Å². The molecule has 0 bridgehead atoms. The predicted molar refractivity (Wildman–Crippen MR) is 114 cm³/mol.